The summed E-state index contributed by atoms with van der Waals surface area (Å²) in [5.41, 5.74) is -0.898. The monoisotopic (exact) mass is 402 g/mol. The van der Waals surface area contributed by atoms with E-state index >= 15 is 0 Å². The normalized spacial score (nSPS) is 17.3. The average Bonchev–Trinajstić information content (AvgIpc) is 3.43. The fraction of sp³-hybridized carbons (Fsp3) is 0.526. The molecule has 0 unspecified atom stereocenters. The molecule has 1 spiro atoms. The summed E-state index contributed by atoms with van der Waals surface area (Å²) >= 11 is 0. The number of carbonyl (C=O) groups is 4. The summed E-state index contributed by atoms with van der Waals surface area (Å²) < 4.78 is 10.2. The van der Waals surface area contributed by atoms with E-state index in [4.69, 9.17) is 14.4 Å². The van der Waals surface area contributed by atoms with Crippen LogP contribution in [0.1, 0.15) is 37.9 Å². The zero-order chi connectivity index (χ0) is 20.9. The lowest BCUT2D eigenvalue weighted by molar-refractivity contribution is -0.154. The van der Waals surface area contributed by atoms with E-state index < -0.39 is 42.5 Å². The van der Waals surface area contributed by atoms with Crippen molar-refractivity contribution < 1.29 is 28.3 Å². The highest BCUT2D eigenvalue weighted by Gasteiger charge is 2.52. The molecule has 0 bridgehead atoms. The number of ether oxygens (including phenoxy) is 1. The van der Waals surface area contributed by atoms with Crippen LogP contribution in [-0.2, 0) is 25.7 Å². The molecule has 2 fully saturated rings. The van der Waals surface area contributed by atoms with Gasteiger partial charge in [0.05, 0.1) is 25.3 Å². The van der Waals surface area contributed by atoms with Crippen LogP contribution in [-0.4, -0.2) is 58.8 Å². The van der Waals surface area contributed by atoms with Crippen LogP contribution in [0.4, 0.5) is 4.79 Å². The Morgan fingerprint density at radius 1 is 1.34 bits per heavy atom. The zero-order valence-corrected chi connectivity index (χ0v) is 15.9. The number of imide groups is 1. The molecule has 154 valence electrons. The number of amides is 4. The van der Waals surface area contributed by atoms with Crippen LogP contribution in [0.2, 0.25) is 0 Å². The second kappa shape index (κ2) is 8.77. The number of nitrogens with zero attached hydrogens (tertiary/aromatic N) is 3. The number of urea groups is 1. The van der Waals surface area contributed by atoms with Gasteiger partial charge in [-0.15, -0.1) is 0 Å². The lowest BCUT2D eigenvalue weighted by Crippen LogP contribution is -2.44. The van der Waals surface area contributed by atoms with Crippen molar-refractivity contribution in [2.24, 2.45) is 0 Å². The Morgan fingerprint density at radius 2 is 2.10 bits per heavy atom. The van der Waals surface area contributed by atoms with Gasteiger partial charge in [-0.05, 0) is 25.0 Å². The second-order valence-electron chi connectivity index (χ2n) is 7.07. The van der Waals surface area contributed by atoms with E-state index in [1.165, 1.54) is 11.2 Å². The van der Waals surface area contributed by atoms with Gasteiger partial charge in [0.25, 0.3) is 11.8 Å². The third kappa shape index (κ3) is 4.56. The first-order valence-electron chi connectivity index (χ1n) is 9.42. The van der Waals surface area contributed by atoms with E-state index in [1.54, 1.807) is 12.1 Å². The van der Waals surface area contributed by atoms with Gasteiger partial charge < -0.3 is 19.4 Å². The number of furan rings is 1. The molecular weight excluding hydrogens is 380 g/mol. The van der Waals surface area contributed by atoms with Crippen LogP contribution in [0.25, 0.3) is 0 Å². The Balaban J connectivity index is 1.52. The summed E-state index contributed by atoms with van der Waals surface area (Å²) in [6.45, 7) is -0.806. The van der Waals surface area contributed by atoms with E-state index in [-0.39, 0.29) is 19.5 Å². The molecule has 0 radical (unpaired) electrons. The molecule has 1 saturated carbocycles. The molecule has 0 atom stereocenters. The number of hydrogen-bond acceptors (Lipinski definition) is 7. The first-order valence-corrected chi connectivity index (χ1v) is 9.42. The number of hydrogen-bond donors (Lipinski definition) is 1. The molecule has 1 aromatic rings. The molecule has 1 aromatic heterocycles. The standard InChI is InChI=1S/C19H22N4O6/c20-8-4-9-22(11-14-5-3-10-28-14)15(24)13-29-16(25)12-23-17(26)19(21-18(23)27)6-1-2-7-19/h3,5,10H,1-2,4,6-7,9,11-13H2,(H,21,27). The molecule has 2 heterocycles. The van der Waals surface area contributed by atoms with Gasteiger partial charge in [0.2, 0.25) is 0 Å². The minimum absolute atomic E-state index is 0.116. The van der Waals surface area contributed by atoms with Crippen LogP contribution < -0.4 is 5.32 Å². The van der Waals surface area contributed by atoms with Gasteiger partial charge in [0.15, 0.2) is 6.61 Å². The average molecular weight is 402 g/mol. The number of nitrogens with one attached hydrogen (secondary N) is 1. The smallest absolute Gasteiger partial charge is 0.326 e. The largest absolute Gasteiger partial charge is 0.467 e. The number of nitriles is 1. The molecule has 29 heavy (non-hydrogen) atoms. The van der Waals surface area contributed by atoms with Crippen molar-refractivity contribution in [2.75, 3.05) is 19.7 Å². The van der Waals surface area contributed by atoms with Crippen molar-refractivity contribution in [1.29, 1.82) is 5.26 Å². The maximum Gasteiger partial charge on any atom is 0.326 e. The predicted molar refractivity (Wildman–Crippen MR) is 96.8 cm³/mol. The Hall–Kier alpha value is -3.35. The van der Waals surface area contributed by atoms with E-state index in [2.05, 4.69) is 5.32 Å². The molecule has 0 aromatic carbocycles. The molecule has 1 aliphatic carbocycles. The lowest BCUT2D eigenvalue weighted by Gasteiger charge is -2.21. The molecule has 1 N–H and O–H groups in total. The highest BCUT2D eigenvalue weighted by atomic mass is 16.5. The summed E-state index contributed by atoms with van der Waals surface area (Å²) in [7, 11) is 0. The molecule has 10 nitrogen and oxygen atoms in total. The summed E-state index contributed by atoms with van der Waals surface area (Å²) in [6, 6.07) is 4.71. The van der Waals surface area contributed by atoms with Gasteiger partial charge in [0, 0.05) is 6.54 Å². The molecule has 4 amide bonds. The Bertz CT molecular complexity index is 822. The van der Waals surface area contributed by atoms with E-state index in [1.807, 2.05) is 6.07 Å². The molecular formula is C19H22N4O6. The van der Waals surface area contributed by atoms with Crippen molar-refractivity contribution in [3.63, 3.8) is 0 Å². The molecule has 2 aliphatic rings. The first-order chi connectivity index (χ1) is 13.9. The van der Waals surface area contributed by atoms with Gasteiger partial charge in [0.1, 0.15) is 17.8 Å². The van der Waals surface area contributed by atoms with Gasteiger partial charge in [-0.2, -0.15) is 5.26 Å². The van der Waals surface area contributed by atoms with Crippen LogP contribution in [0, 0.1) is 11.3 Å². The van der Waals surface area contributed by atoms with Crippen LogP contribution in [0.3, 0.4) is 0 Å². The fourth-order valence-electron chi connectivity index (χ4n) is 3.61. The molecule has 1 saturated heterocycles. The predicted octanol–water partition coefficient (Wildman–Crippen LogP) is 0.930. The highest BCUT2D eigenvalue weighted by Crippen LogP contribution is 2.34. The van der Waals surface area contributed by atoms with Gasteiger partial charge >= 0.3 is 12.0 Å². The van der Waals surface area contributed by atoms with Crippen LogP contribution >= 0.6 is 0 Å². The topological polar surface area (TPSA) is 133 Å². The van der Waals surface area contributed by atoms with Gasteiger partial charge in [-0.3, -0.25) is 19.3 Å². The van der Waals surface area contributed by atoms with Crippen LogP contribution in [0.15, 0.2) is 22.8 Å². The van der Waals surface area contributed by atoms with Crippen molar-refractivity contribution in [3.8, 4) is 6.07 Å². The number of rotatable bonds is 8. The zero-order valence-electron chi connectivity index (χ0n) is 15.9. The fourth-order valence-corrected chi connectivity index (χ4v) is 3.61. The minimum atomic E-state index is -0.898. The number of carbonyl (C=O) groups excluding carboxylic acids is 4. The maximum atomic E-state index is 12.5. The maximum absolute atomic E-state index is 12.5. The van der Waals surface area contributed by atoms with E-state index in [0.717, 1.165) is 17.7 Å². The quantitative estimate of drug-likeness (QED) is 0.505. The Kier molecular flexibility index (Phi) is 6.16. The number of esters is 1. The minimum Gasteiger partial charge on any atom is -0.467 e. The third-order valence-electron chi connectivity index (χ3n) is 5.12. The Labute approximate surface area is 167 Å². The van der Waals surface area contributed by atoms with E-state index in [0.29, 0.717) is 18.6 Å². The Morgan fingerprint density at radius 3 is 2.76 bits per heavy atom. The SMILES string of the molecule is N#CCCN(Cc1ccco1)C(=O)COC(=O)CN1C(=O)NC2(CCCC2)C1=O. The first kappa shape index (κ1) is 20.4. The molecule has 3 rings (SSSR count). The second-order valence-corrected chi connectivity index (χ2v) is 7.07. The molecule has 10 heteroatoms. The van der Waals surface area contributed by atoms with Gasteiger partial charge in [-0.25, -0.2) is 4.79 Å². The summed E-state index contributed by atoms with van der Waals surface area (Å²) in [6.07, 6.45) is 4.38. The van der Waals surface area contributed by atoms with Gasteiger partial charge in [-0.1, -0.05) is 12.8 Å². The van der Waals surface area contributed by atoms with Crippen molar-refractivity contribution >= 4 is 23.8 Å². The van der Waals surface area contributed by atoms with Crippen molar-refractivity contribution in [2.45, 2.75) is 44.2 Å². The van der Waals surface area contributed by atoms with Crippen LogP contribution in [0.5, 0.6) is 0 Å². The highest BCUT2D eigenvalue weighted by molar-refractivity contribution is 6.08. The summed E-state index contributed by atoms with van der Waals surface area (Å²) in [4.78, 5) is 51.3. The third-order valence-corrected chi connectivity index (χ3v) is 5.12. The summed E-state index contributed by atoms with van der Waals surface area (Å²) in [5, 5.41) is 11.4. The lowest BCUT2D eigenvalue weighted by atomic mass is 9.98. The van der Waals surface area contributed by atoms with Crippen molar-refractivity contribution in [3.05, 3.63) is 24.2 Å². The summed E-state index contributed by atoms with van der Waals surface area (Å²) in [5.74, 6) is -1.25. The molecule has 1 aliphatic heterocycles. The van der Waals surface area contributed by atoms with Crippen molar-refractivity contribution in [1.82, 2.24) is 15.1 Å². The van der Waals surface area contributed by atoms with E-state index in [9.17, 15) is 19.2 Å².